The van der Waals surface area contributed by atoms with Gasteiger partial charge in [0, 0.05) is 31.0 Å². The molecule has 3 heterocycles. The van der Waals surface area contributed by atoms with Crippen molar-refractivity contribution in [2.75, 3.05) is 46.4 Å². The number of amides is 1. The van der Waals surface area contributed by atoms with Crippen LogP contribution in [0.1, 0.15) is 29.8 Å². The number of aromatic nitrogens is 1. The number of nitrogens with one attached hydrogen (secondary N) is 1. The third-order valence-corrected chi connectivity index (χ3v) is 5.56. The molecule has 2 aliphatic rings. The molecule has 32 heavy (non-hydrogen) atoms. The second kappa shape index (κ2) is 9.78. The van der Waals surface area contributed by atoms with E-state index in [1.807, 2.05) is 17.0 Å². The largest absolute Gasteiger partial charge is 0.491 e. The number of likely N-dealkylation sites (N-methyl/N-ethyl adjacent to an activating group) is 1. The minimum Gasteiger partial charge on any atom is -0.491 e. The molecule has 9 nitrogen and oxygen atoms in total. The predicted molar refractivity (Wildman–Crippen MR) is 123 cm³/mol. The highest BCUT2D eigenvalue weighted by Crippen LogP contribution is 2.43. The average Bonchev–Trinajstić information content (AvgIpc) is 3.33. The molecule has 4 rings (SSSR count). The van der Waals surface area contributed by atoms with Crippen molar-refractivity contribution in [2.45, 2.75) is 13.8 Å². The normalized spacial score (nSPS) is 14.4. The van der Waals surface area contributed by atoms with Crippen LogP contribution in [0.4, 0.5) is 5.69 Å². The minimum atomic E-state index is -0.280. The highest BCUT2D eigenvalue weighted by molar-refractivity contribution is 6.20. The second-order valence-electron chi connectivity index (χ2n) is 7.36. The van der Waals surface area contributed by atoms with Crippen LogP contribution in [0.15, 0.2) is 46.6 Å². The van der Waals surface area contributed by atoms with E-state index in [2.05, 4.69) is 34.0 Å². The lowest BCUT2D eigenvalue weighted by Gasteiger charge is -2.28. The maximum absolute atomic E-state index is 12.7. The van der Waals surface area contributed by atoms with Crippen LogP contribution in [0.25, 0.3) is 0 Å². The summed E-state index contributed by atoms with van der Waals surface area (Å²) in [4.78, 5) is 30.4. The Morgan fingerprint density at radius 2 is 2.09 bits per heavy atom. The molecule has 1 aromatic carbocycles. The summed E-state index contributed by atoms with van der Waals surface area (Å²) < 4.78 is 11.7. The molecule has 0 radical (unpaired) electrons. The summed E-state index contributed by atoms with van der Waals surface area (Å²) >= 11 is 0. The highest BCUT2D eigenvalue weighted by atomic mass is 16.5. The highest BCUT2D eigenvalue weighted by Gasteiger charge is 2.33. The predicted octanol–water partition coefficient (Wildman–Crippen LogP) is 2.30. The Bertz CT molecular complexity index is 1030. The molecule has 1 amide bonds. The first-order valence-corrected chi connectivity index (χ1v) is 10.8. The fraction of sp³-hybridized carbons (Fsp3) is 0.391. The standard InChI is InChI=1S/C23H28N6O3/c1-4-28(5-2)13-14-32-18-9-8-17-19(20(18)31-3)26-23(29-12-11-25-21(17)29)27-22(30)16-7-6-10-24-15-16/h6-10,15H,4-5,11-14H2,1-3H3,(H,26,27,30). The molecule has 2 aromatic rings. The zero-order chi connectivity index (χ0) is 22.5. The summed E-state index contributed by atoms with van der Waals surface area (Å²) in [6, 6.07) is 7.28. The monoisotopic (exact) mass is 436 g/mol. The Labute approximate surface area is 187 Å². The number of amidine groups is 1. The van der Waals surface area contributed by atoms with E-state index in [9.17, 15) is 4.79 Å². The lowest BCUT2D eigenvalue weighted by molar-refractivity contribution is 0.0973. The van der Waals surface area contributed by atoms with Crippen molar-refractivity contribution in [3.63, 3.8) is 0 Å². The average molecular weight is 437 g/mol. The molecular weight excluding hydrogens is 408 g/mol. The summed E-state index contributed by atoms with van der Waals surface area (Å²) in [6.45, 7) is 8.84. The topological polar surface area (TPSA) is 91.7 Å². The van der Waals surface area contributed by atoms with Gasteiger partial charge in [0.05, 0.1) is 19.2 Å². The van der Waals surface area contributed by atoms with Gasteiger partial charge in [-0.2, -0.15) is 0 Å². The van der Waals surface area contributed by atoms with Crippen LogP contribution in [0, 0.1) is 0 Å². The van der Waals surface area contributed by atoms with E-state index < -0.39 is 0 Å². The van der Waals surface area contributed by atoms with E-state index in [4.69, 9.17) is 14.5 Å². The summed E-state index contributed by atoms with van der Waals surface area (Å²) in [7, 11) is 1.60. The van der Waals surface area contributed by atoms with Gasteiger partial charge in [0.1, 0.15) is 18.1 Å². The summed E-state index contributed by atoms with van der Waals surface area (Å²) in [5.41, 5.74) is 1.92. The zero-order valence-corrected chi connectivity index (χ0v) is 18.7. The Morgan fingerprint density at radius 1 is 1.25 bits per heavy atom. The number of ether oxygens (including phenoxy) is 2. The Kier molecular flexibility index (Phi) is 6.65. The molecule has 0 saturated carbocycles. The van der Waals surface area contributed by atoms with Crippen LogP contribution in [0.3, 0.4) is 0 Å². The smallest absolute Gasteiger partial charge is 0.259 e. The molecule has 2 aliphatic heterocycles. The van der Waals surface area contributed by atoms with Gasteiger partial charge in [0.25, 0.3) is 5.91 Å². The first-order chi connectivity index (χ1) is 15.7. The number of carbonyl (C=O) groups excluding carboxylic acids is 1. The number of hydrogen-bond acceptors (Lipinski definition) is 8. The van der Waals surface area contributed by atoms with Crippen LogP contribution in [-0.2, 0) is 0 Å². The lowest BCUT2D eigenvalue weighted by atomic mass is 10.1. The van der Waals surface area contributed by atoms with E-state index in [0.29, 0.717) is 48.4 Å². The number of fused-ring (bicyclic) bond motifs is 3. The molecule has 0 atom stereocenters. The van der Waals surface area contributed by atoms with Gasteiger partial charge in [-0.15, -0.1) is 0 Å². The molecular formula is C23H28N6O3. The van der Waals surface area contributed by atoms with Crippen molar-refractivity contribution < 1.29 is 14.3 Å². The number of nitrogens with zero attached hydrogens (tertiary/aromatic N) is 5. The van der Waals surface area contributed by atoms with Gasteiger partial charge in [0.15, 0.2) is 11.5 Å². The van der Waals surface area contributed by atoms with Gasteiger partial charge in [-0.3, -0.25) is 25.0 Å². The Morgan fingerprint density at radius 3 is 2.81 bits per heavy atom. The SMILES string of the molecule is CCN(CC)CCOc1ccc2c(c1OC)N=C(NC(=O)c1cccnc1)N1CCN=C21. The maximum atomic E-state index is 12.7. The molecule has 0 aliphatic carbocycles. The van der Waals surface area contributed by atoms with Crippen molar-refractivity contribution in [3.8, 4) is 11.5 Å². The number of carbonyl (C=O) groups is 1. The van der Waals surface area contributed by atoms with Crippen molar-refractivity contribution in [2.24, 2.45) is 9.98 Å². The molecule has 0 fully saturated rings. The van der Waals surface area contributed by atoms with Gasteiger partial charge < -0.3 is 14.4 Å². The van der Waals surface area contributed by atoms with Crippen molar-refractivity contribution in [3.05, 3.63) is 47.8 Å². The lowest BCUT2D eigenvalue weighted by Crippen LogP contribution is -2.47. The second-order valence-corrected chi connectivity index (χ2v) is 7.36. The number of benzene rings is 1. The first-order valence-electron chi connectivity index (χ1n) is 10.8. The van der Waals surface area contributed by atoms with Crippen LogP contribution in [-0.4, -0.2) is 78.9 Å². The van der Waals surface area contributed by atoms with E-state index >= 15 is 0 Å². The molecule has 1 aromatic heterocycles. The number of rotatable bonds is 8. The van der Waals surface area contributed by atoms with Gasteiger partial charge in [-0.25, -0.2) is 4.99 Å². The number of methoxy groups -OCH3 is 1. The number of guanidine groups is 1. The van der Waals surface area contributed by atoms with E-state index in [1.165, 1.54) is 6.20 Å². The summed E-state index contributed by atoms with van der Waals surface area (Å²) in [6.07, 6.45) is 3.15. The zero-order valence-electron chi connectivity index (χ0n) is 18.7. The van der Waals surface area contributed by atoms with Gasteiger partial charge in [-0.05, 0) is 37.4 Å². The summed E-state index contributed by atoms with van der Waals surface area (Å²) in [5.74, 6) is 2.05. The van der Waals surface area contributed by atoms with Crippen molar-refractivity contribution in [1.29, 1.82) is 0 Å². The number of pyridine rings is 1. The van der Waals surface area contributed by atoms with Crippen LogP contribution in [0.2, 0.25) is 0 Å². The van der Waals surface area contributed by atoms with E-state index in [0.717, 1.165) is 31.0 Å². The third kappa shape index (κ3) is 4.29. The van der Waals surface area contributed by atoms with Crippen LogP contribution < -0.4 is 14.8 Å². The fourth-order valence-electron chi connectivity index (χ4n) is 3.80. The minimum absolute atomic E-state index is 0.280. The van der Waals surface area contributed by atoms with Gasteiger partial charge >= 0.3 is 0 Å². The summed E-state index contributed by atoms with van der Waals surface area (Å²) in [5, 5.41) is 2.90. The molecule has 0 unspecified atom stereocenters. The van der Waals surface area contributed by atoms with Crippen LogP contribution >= 0.6 is 0 Å². The third-order valence-electron chi connectivity index (χ3n) is 5.56. The first kappa shape index (κ1) is 21.8. The van der Waals surface area contributed by atoms with Gasteiger partial charge in [-0.1, -0.05) is 13.8 Å². The van der Waals surface area contributed by atoms with Crippen molar-refractivity contribution >= 4 is 23.4 Å². The fourth-order valence-corrected chi connectivity index (χ4v) is 3.80. The Balaban J connectivity index is 1.63. The molecule has 0 bridgehead atoms. The Hall–Kier alpha value is -3.46. The van der Waals surface area contributed by atoms with E-state index in [-0.39, 0.29) is 5.91 Å². The number of hydrogen-bond donors (Lipinski definition) is 1. The number of aliphatic imine (C=N–C) groups is 2. The maximum Gasteiger partial charge on any atom is 0.259 e. The molecule has 168 valence electrons. The molecule has 9 heteroatoms. The molecule has 0 saturated heterocycles. The van der Waals surface area contributed by atoms with Crippen molar-refractivity contribution in [1.82, 2.24) is 20.1 Å². The quantitative estimate of drug-likeness (QED) is 0.683. The van der Waals surface area contributed by atoms with Crippen LogP contribution in [0.5, 0.6) is 11.5 Å². The molecule has 1 N–H and O–H groups in total. The van der Waals surface area contributed by atoms with E-state index in [1.54, 1.807) is 25.4 Å². The van der Waals surface area contributed by atoms with Gasteiger partial charge in [0.2, 0.25) is 5.96 Å². The molecule has 0 spiro atoms.